The minimum atomic E-state index is -2.75. The summed E-state index contributed by atoms with van der Waals surface area (Å²) < 4.78 is 36.7. The molecule has 11 heteroatoms. The molecule has 0 saturated heterocycles. The lowest BCUT2D eigenvalue weighted by Crippen LogP contribution is -2.15. The third kappa shape index (κ3) is 6.00. The van der Waals surface area contributed by atoms with E-state index in [0.717, 1.165) is 23.3 Å². The lowest BCUT2D eigenvalue weighted by Gasteiger charge is -2.10. The van der Waals surface area contributed by atoms with Gasteiger partial charge in [-0.3, -0.25) is 14.9 Å². The highest BCUT2D eigenvalue weighted by molar-refractivity contribution is 6.03. The second kappa shape index (κ2) is 9.86. The Morgan fingerprint density at radius 1 is 1.19 bits per heavy atom. The molecule has 1 N–H and O–H groups in total. The first kappa shape index (κ1) is 22.7. The van der Waals surface area contributed by atoms with E-state index in [2.05, 4.69) is 10.4 Å². The minimum Gasteiger partial charge on any atom is -0.487 e. The smallest absolute Gasteiger partial charge is 0.276 e. The largest absolute Gasteiger partial charge is 0.487 e. The number of nitrogens with zero attached hydrogens (tertiary/aromatic N) is 3. The van der Waals surface area contributed by atoms with E-state index in [4.69, 9.17) is 9.47 Å². The average Bonchev–Trinajstić information content (AvgIpc) is 3.20. The van der Waals surface area contributed by atoms with E-state index < -0.39 is 29.6 Å². The van der Waals surface area contributed by atoms with Gasteiger partial charge in [-0.15, -0.1) is 0 Å². The molecular weight excluding hydrogens is 426 g/mol. The Morgan fingerprint density at radius 3 is 2.66 bits per heavy atom. The van der Waals surface area contributed by atoms with E-state index >= 15 is 0 Å². The predicted molar refractivity (Wildman–Crippen MR) is 111 cm³/mol. The van der Waals surface area contributed by atoms with Crippen LogP contribution in [-0.4, -0.2) is 33.6 Å². The van der Waals surface area contributed by atoms with Gasteiger partial charge in [-0.2, -0.15) is 5.10 Å². The SMILES string of the molecule is Cc1ccc(OCn2ccc(C(=O)Nc3cc(OCC(F)F)cc([N+](=O)[O-])c3)n2)c(C)c1. The Kier molecular flexibility index (Phi) is 6.98. The molecule has 1 amide bonds. The zero-order chi connectivity index (χ0) is 23.3. The van der Waals surface area contributed by atoms with Crippen LogP contribution in [-0.2, 0) is 6.73 Å². The van der Waals surface area contributed by atoms with E-state index in [1.165, 1.54) is 16.8 Å². The van der Waals surface area contributed by atoms with Gasteiger partial charge in [0, 0.05) is 18.3 Å². The lowest BCUT2D eigenvalue weighted by molar-refractivity contribution is -0.384. The van der Waals surface area contributed by atoms with Crippen molar-refractivity contribution < 1.29 is 28.0 Å². The van der Waals surface area contributed by atoms with Crippen LogP contribution >= 0.6 is 0 Å². The van der Waals surface area contributed by atoms with Crippen LogP contribution in [0.15, 0.2) is 48.7 Å². The van der Waals surface area contributed by atoms with Crippen molar-refractivity contribution in [2.45, 2.75) is 27.0 Å². The molecule has 0 aliphatic carbocycles. The third-order valence-electron chi connectivity index (χ3n) is 4.29. The van der Waals surface area contributed by atoms with Crippen LogP contribution in [0.3, 0.4) is 0 Å². The van der Waals surface area contributed by atoms with E-state index in [9.17, 15) is 23.7 Å². The van der Waals surface area contributed by atoms with Crippen molar-refractivity contribution in [1.29, 1.82) is 0 Å². The monoisotopic (exact) mass is 446 g/mol. The van der Waals surface area contributed by atoms with Crippen molar-refractivity contribution in [3.05, 3.63) is 75.6 Å². The van der Waals surface area contributed by atoms with E-state index in [1.807, 2.05) is 32.0 Å². The summed E-state index contributed by atoms with van der Waals surface area (Å²) >= 11 is 0. The molecule has 0 bridgehead atoms. The number of nitrogens with one attached hydrogen (secondary N) is 1. The molecule has 32 heavy (non-hydrogen) atoms. The van der Waals surface area contributed by atoms with Crippen LogP contribution in [0.5, 0.6) is 11.5 Å². The molecule has 0 fully saturated rings. The van der Waals surface area contributed by atoms with Crippen LogP contribution in [0.25, 0.3) is 0 Å². The van der Waals surface area contributed by atoms with Gasteiger partial charge in [-0.1, -0.05) is 17.7 Å². The minimum absolute atomic E-state index is 0.00884. The number of alkyl halides is 2. The van der Waals surface area contributed by atoms with Gasteiger partial charge in [0.15, 0.2) is 12.4 Å². The number of aromatic nitrogens is 2. The average molecular weight is 446 g/mol. The number of non-ortho nitro benzene ring substituents is 1. The molecule has 0 spiro atoms. The molecule has 1 aromatic heterocycles. The molecule has 0 aliphatic rings. The van der Waals surface area contributed by atoms with Crippen molar-refractivity contribution in [3.63, 3.8) is 0 Å². The molecule has 2 aromatic carbocycles. The summed E-state index contributed by atoms with van der Waals surface area (Å²) in [5, 5.41) is 17.7. The predicted octanol–water partition coefficient (Wildman–Crippen LogP) is 4.34. The number of nitro groups is 1. The molecule has 3 rings (SSSR count). The second-order valence-corrected chi connectivity index (χ2v) is 6.91. The quantitative estimate of drug-likeness (QED) is 0.387. The van der Waals surface area contributed by atoms with Gasteiger partial charge in [0.2, 0.25) is 0 Å². The molecule has 168 valence electrons. The van der Waals surface area contributed by atoms with Crippen molar-refractivity contribution in [1.82, 2.24) is 9.78 Å². The van der Waals surface area contributed by atoms with Crippen LogP contribution < -0.4 is 14.8 Å². The van der Waals surface area contributed by atoms with Gasteiger partial charge >= 0.3 is 0 Å². The summed E-state index contributed by atoms with van der Waals surface area (Å²) in [6.45, 7) is 3.03. The second-order valence-electron chi connectivity index (χ2n) is 6.91. The van der Waals surface area contributed by atoms with Gasteiger partial charge in [-0.05, 0) is 31.5 Å². The van der Waals surface area contributed by atoms with Crippen molar-refractivity contribution >= 4 is 17.3 Å². The number of amides is 1. The van der Waals surface area contributed by atoms with Gasteiger partial charge < -0.3 is 14.8 Å². The maximum Gasteiger partial charge on any atom is 0.276 e. The fourth-order valence-electron chi connectivity index (χ4n) is 2.85. The number of nitro benzene ring substituents is 1. The van der Waals surface area contributed by atoms with E-state index in [-0.39, 0.29) is 23.9 Å². The Labute approximate surface area is 181 Å². The molecule has 9 nitrogen and oxygen atoms in total. The Balaban J connectivity index is 1.68. The van der Waals surface area contributed by atoms with Crippen LogP contribution in [0, 0.1) is 24.0 Å². The van der Waals surface area contributed by atoms with E-state index in [1.54, 1.807) is 6.20 Å². The highest BCUT2D eigenvalue weighted by Crippen LogP contribution is 2.27. The number of rotatable bonds is 9. The maximum absolute atomic E-state index is 12.5. The van der Waals surface area contributed by atoms with Gasteiger partial charge in [0.25, 0.3) is 18.0 Å². The first-order valence-electron chi connectivity index (χ1n) is 9.46. The first-order valence-corrected chi connectivity index (χ1v) is 9.46. The van der Waals surface area contributed by atoms with Gasteiger partial charge in [0.05, 0.1) is 16.7 Å². The number of anilines is 1. The molecule has 0 saturated carbocycles. The molecule has 0 aliphatic heterocycles. The van der Waals surface area contributed by atoms with Crippen molar-refractivity contribution in [3.8, 4) is 11.5 Å². The summed E-state index contributed by atoms with van der Waals surface area (Å²) in [6.07, 6.45) is -1.20. The zero-order valence-corrected chi connectivity index (χ0v) is 17.2. The van der Waals surface area contributed by atoms with E-state index in [0.29, 0.717) is 5.75 Å². The normalized spacial score (nSPS) is 10.8. The fraction of sp³-hybridized carbons (Fsp3) is 0.238. The summed E-state index contributed by atoms with van der Waals surface area (Å²) in [6, 6.07) is 10.5. The summed E-state index contributed by atoms with van der Waals surface area (Å²) in [5.41, 5.74) is 1.70. The fourth-order valence-corrected chi connectivity index (χ4v) is 2.85. The zero-order valence-electron chi connectivity index (χ0n) is 17.2. The van der Waals surface area contributed by atoms with Crippen LogP contribution in [0.2, 0.25) is 0 Å². The molecule has 3 aromatic rings. The third-order valence-corrected chi connectivity index (χ3v) is 4.29. The number of aryl methyl sites for hydroxylation is 2. The molecular formula is C21H20F2N4O5. The number of hydrogen-bond donors (Lipinski definition) is 1. The summed E-state index contributed by atoms with van der Waals surface area (Å²) in [5.74, 6) is -0.122. The highest BCUT2D eigenvalue weighted by Gasteiger charge is 2.16. The summed E-state index contributed by atoms with van der Waals surface area (Å²) in [7, 11) is 0. The molecule has 1 heterocycles. The Morgan fingerprint density at radius 2 is 1.97 bits per heavy atom. The summed E-state index contributed by atoms with van der Waals surface area (Å²) in [4.78, 5) is 22.9. The first-order chi connectivity index (χ1) is 15.2. The molecule has 0 atom stereocenters. The Hall–Kier alpha value is -4.02. The van der Waals surface area contributed by atoms with Gasteiger partial charge in [0.1, 0.15) is 18.1 Å². The topological polar surface area (TPSA) is 109 Å². The number of carbonyl (C=O) groups is 1. The molecule has 0 radical (unpaired) electrons. The lowest BCUT2D eigenvalue weighted by atomic mass is 10.1. The van der Waals surface area contributed by atoms with Gasteiger partial charge in [-0.25, -0.2) is 13.5 Å². The van der Waals surface area contributed by atoms with Crippen molar-refractivity contribution in [2.75, 3.05) is 11.9 Å². The number of carbonyl (C=O) groups excluding carboxylic acids is 1. The maximum atomic E-state index is 12.5. The number of hydrogen-bond acceptors (Lipinski definition) is 6. The van der Waals surface area contributed by atoms with Crippen molar-refractivity contribution in [2.24, 2.45) is 0 Å². The van der Waals surface area contributed by atoms with Crippen LogP contribution in [0.1, 0.15) is 21.6 Å². The van der Waals surface area contributed by atoms with Crippen LogP contribution in [0.4, 0.5) is 20.2 Å². The number of ether oxygens (including phenoxy) is 2. The number of benzene rings is 2. The molecule has 0 unspecified atom stereocenters. The Bertz CT molecular complexity index is 1130. The highest BCUT2D eigenvalue weighted by atomic mass is 19.3. The number of halogens is 2. The standard InChI is InChI=1S/C21H20F2N4O5/c1-13-3-4-19(14(2)7-13)32-12-26-6-5-18(25-26)21(28)24-15-8-16(27(29)30)10-17(9-15)31-11-20(22)23/h3-10,20H,11-12H2,1-2H3,(H,24,28).